The number of piperidine rings is 1. The standard InChI is InChI=1S/C25H34N4O/c1-19(17-20-5-4-14-26-18-20)27-23-12-15-29(16-13-23)24-10-8-22(9-11-24)28-25(30)21-6-2-3-7-21/h4-5,8-11,14,18-19,21,23,27H,2-3,6-7,12-13,15-17H2,1H3,(H,28,30). The Hall–Kier alpha value is -2.40. The second-order valence-electron chi connectivity index (χ2n) is 8.91. The fraction of sp³-hybridized carbons (Fsp3) is 0.520. The number of amides is 1. The van der Waals surface area contributed by atoms with Gasteiger partial charge in [-0.3, -0.25) is 9.78 Å². The van der Waals surface area contributed by atoms with Crippen molar-refractivity contribution in [1.82, 2.24) is 10.3 Å². The number of carbonyl (C=O) groups excluding carboxylic acids is 1. The van der Waals surface area contributed by atoms with Crippen LogP contribution >= 0.6 is 0 Å². The van der Waals surface area contributed by atoms with Crippen molar-refractivity contribution in [1.29, 1.82) is 0 Å². The highest BCUT2D eigenvalue weighted by Crippen LogP contribution is 2.27. The van der Waals surface area contributed by atoms with Gasteiger partial charge < -0.3 is 15.5 Å². The van der Waals surface area contributed by atoms with E-state index in [0.29, 0.717) is 12.1 Å². The molecule has 1 aliphatic carbocycles. The van der Waals surface area contributed by atoms with Crippen molar-refractivity contribution in [3.63, 3.8) is 0 Å². The minimum atomic E-state index is 0.188. The maximum atomic E-state index is 12.3. The first-order valence-electron chi connectivity index (χ1n) is 11.5. The van der Waals surface area contributed by atoms with E-state index in [1.54, 1.807) is 0 Å². The molecule has 2 fully saturated rings. The van der Waals surface area contributed by atoms with E-state index in [9.17, 15) is 4.79 Å². The number of hydrogen-bond acceptors (Lipinski definition) is 4. The zero-order chi connectivity index (χ0) is 20.8. The molecule has 1 atom stereocenters. The predicted octanol–water partition coefficient (Wildman–Crippen LogP) is 4.40. The van der Waals surface area contributed by atoms with Crippen molar-refractivity contribution in [2.24, 2.45) is 5.92 Å². The van der Waals surface area contributed by atoms with Crippen LogP contribution in [0, 0.1) is 5.92 Å². The Morgan fingerprint density at radius 2 is 1.83 bits per heavy atom. The summed E-state index contributed by atoms with van der Waals surface area (Å²) in [5.74, 6) is 0.393. The number of aromatic nitrogens is 1. The minimum absolute atomic E-state index is 0.188. The van der Waals surface area contributed by atoms with Crippen molar-refractivity contribution in [3.05, 3.63) is 54.4 Å². The maximum Gasteiger partial charge on any atom is 0.227 e. The van der Waals surface area contributed by atoms with Gasteiger partial charge in [-0.05, 0) is 74.9 Å². The summed E-state index contributed by atoms with van der Waals surface area (Å²) >= 11 is 0. The number of nitrogens with zero attached hydrogens (tertiary/aromatic N) is 2. The molecule has 1 amide bonds. The van der Waals surface area contributed by atoms with Gasteiger partial charge in [-0.25, -0.2) is 0 Å². The van der Waals surface area contributed by atoms with Crippen LogP contribution in [0.4, 0.5) is 11.4 Å². The lowest BCUT2D eigenvalue weighted by Crippen LogP contribution is -2.46. The Balaban J connectivity index is 1.22. The van der Waals surface area contributed by atoms with Crippen LogP contribution in [-0.2, 0) is 11.2 Å². The normalized spacial score (nSPS) is 19.0. The first-order valence-corrected chi connectivity index (χ1v) is 11.5. The highest BCUT2D eigenvalue weighted by atomic mass is 16.1. The molecule has 1 saturated carbocycles. The minimum Gasteiger partial charge on any atom is -0.371 e. The second-order valence-corrected chi connectivity index (χ2v) is 8.91. The van der Waals surface area contributed by atoms with E-state index in [1.165, 1.54) is 24.1 Å². The van der Waals surface area contributed by atoms with Gasteiger partial charge in [-0.2, -0.15) is 0 Å². The Morgan fingerprint density at radius 1 is 1.10 bits per heavy atom. The first kappa shape index (κ1) is 20.9. The third-order valence-electron chi connectivity index (χ3n) is 6.51. The van der Waals surface area contributed by atoms with Crippen LogP contribution in [-0.4, -0.2) is 36.1 Å². The lowest BCUT2D eigenvalue weighted by molar-refractivity contribution is -0.119. The Bertz CT molecular complexity index is 794. The summed E-state index contributed by atoms with van der Waals surface area (Å²) < 4.78 is 0. The zero-order valence-electron chi connectivity index (χ0n) is 18.0. The summed E-state index contributed by atoms with van der Waals surface area (Å²) in [4.78, 5) is 19.0. The number of carbonyl (C=O) groups is 1. The van der Waals surface area contributed by atoms with Gasteiger partial charge in [0.05, 0.1) is 0 Å². The average molecular weight is 407 g/mol. The highest BCUT2D eigenvalue weighted by molar-refractivity contribution is 5.92. The Morgan fingerprint density at radius 3 is 2.50 bits per heavy atom. The van der Waals surface area contributed by atoms with Gasteiger partial charge in [0.15, 0.2) is 0 Å². The van der Waals surface area contributed by atoms with Crippen LogP contribution in [0.1, 0.15) is 51.0 Å². The molecule has 1 aliphatic heterocycles. The molecule has 4 rings (SSSR count). The van der Waals surface area contributed by atoms with E-state index in [4.69, 9.17) is 0 Å². The van der Waals surface area contributed by atoms with Crippen molar-refractivity contribution >= 4 is 17.3 Å². The van der Waals surface area contributed by atoms with E-state index in [0.717, 1.165) is 50.9 Å². The summed E-state index contributed by atoms with van der Waals surface area (Å²) in [6, 6.07) is 13.5. The lowest BCUT2D eigenvalue weighted by Gasteiger charge is -2.35. The van der Waals surface area contributed by atoms with Gasteiger partial charge in [-0.1, -0.05) is 18.9 Å². The molecule has 160 valence electrons. The second kappa shape index (κ2) is 10.1. The third kappa shape index (κ3) is 5.60. The Labute approximate surface area is 180 Å². The largest absolute Gasteiger partial charge is 0.371 e. The number of benzene rings is 1. The summed E-state index contributed by atoms with van der Waals surface area (Å²) in [6.07, 6.45) is 11.5. The van der Waals surface area contributed by atoms with Crippen molar-refractivity contribution in [2.45, 2.75) is 64.0 Å². The molecule has 5 heteroatoms. The molecule has 5 nitrogen and oxygen atoms in total. The van der Waals surface area contributed by atoms with Crippen LogP contribution in [0.5, 0.6) is 0 Å². The first-order chi connectivity index (χ1) is 14.7. The van der Waals surface area contributed by atoms with Gasteiger partial charge in [0, 0.05) is 54.9 Å². The zero-order valence-corrected chi connectivity index (χ0v) is 18.0. The number of nitrogens with one attached hydrogen (secondary N) is 2. The van der Waals surface area contributed by atoms with E-state index < -0.39 is 0 Å². The molecule has 1 aromatic heterocycles. The quantitative estimate of drug-likeness (QED) is 0.716. The number of rotatable bonds is 7. The third-order valence-corrected chi connectivity index (χ3v) is 6.51. The SMILES string of the molecule is CC(Cc1cccnc1)NC1CCN(c2ccc(NC(=O)C3CCCC3)cc2)CC1. The predicted molar refractivity (Wildman–Crippen MR) is 123 cm³/mol. The van der Waals surface area contributed by atoms with Crippen LogP contribution < -0.4 is 15.5 Å². The number of hydrogen-bond donors (Lipinski definition) is 2. The van der Waals surface area contributed by atoms with Crippen molar-refractivity contribution in [3.8, 4) is 0 Å². The van der Waals surface area contributed by atoms with Crippen LogP contribution in [0.25, 0.3) is 0 Å². The Kier molecular flexibility index (Phi) is 7.00. The molecule has 1 aromatic carbocycles. The monoisotopic (exact) mass is 406 g/mol. The molecule has 30 heavy (non-hydrogen) atoms. The van der Waals surface area contributed by atoms with Gasteiger partial charge in [0.25, 0.3) is 0 Å². The number of anilines is 2. The molecule has 2 aromatic rings. The van der Waals surface area contributed by atoms with Gasteiger partial charge in [0.2, 0.25) is 5.91 Å². The van der Waals surface area contributed by atoms with Crippen LogP contribution in [0.15, 0.2) is 48.8 Å². The van der Waals surface area contributed by atoms with Gasteiger partial charge in [0.1, 0.15) is 0 Å². The van der Waals surface area contributed by atoms with E-state index >= 15 is 0 Å². The molecule has 0 spiro atoms. The van der Waals surface area contributed by atoms with Crippen molar-refractivity contribution in [2.75, 3.05) is 23.3 Å². The summed E-state index contributed by atoms with van der Waals surface area (Å²) in [6.45, 7) is 4.38. The summed E-state index contributed by atoms with van der Waals surface area (Å²) in [5, 5.41) is 6.89. The smallest absolute Gasteiger partial charge is 0.227 e. The van der Waals surface area contributed by atoms with E-state index in [1.807, 2.05) is 30.6 Å². The topological polar surface area (TPSA) is 57.3 Å². The average Bonchev–Trinajstić information content (AvgIpc) is 3.31. The fourth-order valence-electron chi connectivity index (χ4n) is 4.83. The molecule has 0 bridgehead atoms. The number of pyridine rings is 1. The van der Waals surface area contributed by atoms with Gasteiger partial charge >= 0.3 is 0 Å². The molecule has 2 heterocycles. The molecule has 2 N–H and O–H groups in total. The highest BCUT2D eigenvalue weighted by Gasteiger charge is 2.23. The van der Waals surface area contributed by atoms with E-state index in [2.05, 4.69) is 45.6 Å². The maximum absolute atomic E-state index is 12.3. The molecular formula is C25H34N4O. The molecule has 1 saturated heterocycles. The van der Waals surface area contributed by atoms with Gasteiger partial charge in [-0.15, -0.1) is 0 Å². The molecule has 1 unspecified atom stereocenters. The lowest BCUT2D eigenvalue weighted by atomic mass is 10.0. The molecular weight excluding hydrogens is 372 g/mol. The fourth-order valence-corrected chi connectivity index (χ4v) is 4.83. The van der Waals surface area contributed by atoms with Crippen LogP contribution in [0.2, 0.25) is 0 Å². The molecule has 0 radical (unpaired) electrons. The summed E-state index contributed by atoms with van der Waals surface area (Å²) in [7, 11) is 0. The van der Waals surface area contributed by atoms with E-state index in [-0.39, 0.29) is 11.8 Å². The van der Waals surface area contributed by atoms with Crippen molar-refractivity contribution < 1.29 is 4.79 Å². The van der Waals surface area contributed by atoms with Crippen LogP contribution in [0.3, 0.4) is 0 Å². The summed E-state index contributed by atoms with van der Waals surface area (Å²) in [5.41, 5.74) is 3.45. The molecule has 2 aliphatic rings.